The highest BCUT2D eigenvalue weighted by molar-refractivity contribution is 5.90. The summed E-state index contributed by atoms with van der Waals surface area (Å²) in [6, 6.07) is 8.70. The number of amides is 1. The van der Waals surface area contributed by atoms with Gasteiger partial charge < -0.3 is 24.7 Å². The molecule has 0 unspecified atom stereocenters. The molecule has 1 aromatic carbocycles. The van der Waals surface area contributed by atoms with Gasteiger partial charge in [-0.3, -0.25) is 4.79 Å². The van der Waals surface area contributed by atoms with Gasteiger partial charge in [0.25, 0.3) is 0 Å². The quantitative estimate of drug-likeness (QED) is 0.502. The Balaban J connectivity index is 1.53. The summed E-state index contributed by atoms with van der Waals surface area (Å²) in [5.41, 5.74) is 0.606. The third kappa shape index (κ3) is 4.84. The first-order valence-electron chi connectivity index (χ1n) is 8.04. The number of anilines is 1. The minimum absolute atomic E-state index is 0.157. The Labute approximate surface area is 154 Å². The first kappa shape index (κ1) is 18.0. The van der Waals surface area contributed by atoms with Crippen molar-refractivity contribution in [3.63, 3.8) is 0 Å². The molecule has 0 saturated carbocycles. The standard InChI is InChI=1S/C17H16N6O4/c1-12-20-15(23(25)26)11-22(12)10-7-16(24)21-13-3-5-14(6-4-13)27-17-18-8-2-9-19-17/h2-6,8-9,11H,7,10H2,1H3,(H,21,24). The van der Waals surface area contributed by atoms with Gasteiger partial charge in [-0.25, -0.2) is 9.97 Å². The van der Waals surface area contributed by atoms with Crippen LogP contribution in [0, 0.1) is 17.0 Å². The van der Waals surface area contributed by atoms with Gasteiger partial charge in [0, 0.05) is 38.0 Å². The molecule has 10 nitrogen and oxygen atoms in total. The van der Waals surface area contributed by atoms with Gasteiger partial charge in [0.05, 0.1) is 0 Å². The fourth-order valence-corrected chi connectivity index (χ4v) is 2.30. The number of benzene rings is 1. The maximum atomic E-state index is 12.1. The van der Waals surface area contributed by atoms with Crippen molar-refractivity contribution < 1.29 is 14.5 Å². The Bertz CT molecular complexity index is 940. The molecule has 0 atom stereocenters. The van der Waals surface area contributed by atoms with Gasteiger partial charge >= 0.3 is 11.8 Å². The fourth-order valence-electron chi connectivity index (χ4n) is 2.30. The van der Waals surface area contributed by atoms with E-state index in [-0.39, 0.29) is 24.2 Å². The van der Waals surface area contributed by atoms with Gasteiger partial charge in [0.2, 0.25) is 11.7 Å². The molecule has 0 bridgehead atoms. The number of hydrogen-bond acceptors (Lipinski definition) is 7. The minimum Gasteiger partial charge on any atom is -0.424 e. The molecule has 0 spiro atoms. The van der Waals surface area contributed by atoms with E-state index in [1.165, 1.54) is 6.20 Å². The molecule has 1 amide bonds. The molecule has 0 aliphatic carbocycles. The first-order valence-corrected chi connectivity index (χ1v) is 8.04. The summed E-state index contributed by atoms with van der Waals surface area (Å²) < 4.78 is 7.06. The van der Waals surface area contributed by atoms with Gasteiger partial charge in [-0.15, -0.1) is 0 Å². The second-order valence-electron chi connectivity index (χ2n) is 5.55. The Hall–Kier alpha value is -3.82. The van der Waals surface area contributed by atoms with E-state index < -0.39 is 4.92 Å². The van der Waals surface area contributed by atoms with E-state index in [9.17, 15) is 14.9 Å². The third-order valence-electron chi connectivity index (χ3n) is 3.62. The van der Waals surface area contributed by atoms with Crippen molar-refractivity contribution in [1.82, 2.24) is 19.5 Å². The van der Waals surface area contributed by atoms with Crippen molar-refractivity contribution in [2.75, 3.05) is 5.32 Å². The molecule has 0 aliphatic rings. The average Bonchev–Trinajstić information content (AvgIpc) is 3.04. The normalized spacial score (nSPS) is 10.4. The van der Waals surface area contributed by atoms with E-state index in [1.807, 2.05) is 0 Å². The molecule has 0 fully saturated rings. The number of imidazole rings is 1. The molecule has 27 heavy (non-hydrogen) atoms. The zero-order valence-corrected chi connectivity index (χ0v) is 14.4. The Kier molecular flexibility index (Phi) is 5.36. The molecule has 1 N–H and O–H groups in total. The Morgan fingerprint density at radius 1 is 1.26 bits per heavy atom. The van der Waals surface area contributed by atoms with Crippen molar-refractivity contribution in [3.8, 4) is 11.8 Å². The molecule has 3 rings (SSSR count). The minimum atomic E-state index is -0.562. The predicted molar refractivity (Wildman–Crippen MR) is 95.4 cm³/mol. The molecule has 3 aromatic rings. The van der Waals surface area contributed by atoms with Gasteiger partial charge in [-0.1, -0.05) is 0 Å². The molecular formula is C17H16N6O4. The summed E-state index contributed by atoms with van der Waals surface area (Å²) >= 11 is 0. The van der Waals surface area contributed by atoms with E-state index >= 15 is 0 Å². The number of nitrogens with zero attached hydrogens (tertiary/aromatic N) is 5. The van der Waals surface area contributed by atoms with Gasteiger partial charge in [-0.2, -0.15) is 0 Å². The predicted octanol–water partition coefficient (Wildman–Crippen LogP) is 2.71. The first-order chi connectivity index (χ1) is 13.0. The molecule has 2 heterocycles. The van der Waals surface area contributed by atoms with Crippen LogP contribution in [0.1, 0.15) is 12.2 Å². The molecule has 0 aliphatic heterocycles. The van der Waals surface area contributed by atoms with Crippen LogP contribution in [0.5, 0.6) is 11.8 Å². The number of carbonyl (C=O) groups excluding carboxylic acids is 1. The molecule has 0 saturated heterocycles. The highest BCUT2D eigenvalue weighted by atomic mass is 16.6. The number of rotatable bonds is 7. The number of aromatic nitrogens is 4. The maximum absolute atomic E-state index is 12.1. The maximum Gasteiger partial charge on any atom is 0.381 e. The van der Waals surface area contributed by atoms with E-state index in [2.05, 4.69) is 20.3 Å². The van der Waals surface area contributed by atoms with E-state index in [0.717, 1.165) is 0 Å². The fraction of sp³-hybridized carbons (Fsp3) is 0.176. The van der Waals surface area contributed by atoms with Crippen molar-refractivity contribution in [3.05, 3.63) is 64.9 Å². The summed E-state index contributed by atoms with van der Waals surface area (Å²) in [6.07, 6.45) is 4.63. The third-order valence-corrected chi connectivity index (χ3v) is 3.62. The van der Waals surface area contributed by atoms with E-state index in [1.54, 1.807) is 54.2 Å². The molecule has 0 radical (unpaired) electrons. The summed E-state index contributed by atoms with van der Waals surface area (Å²) in [5.74, 6) is 0.580. The van der Waals surface area contributed by atoms with Crippen LogP contribution >= 0.6 is 0 Å². The molecule has 2 aromatic heterocycles. The van der Waals surface area contributed by atoms with Crippen molar-refractivity contribution in [1.29, 1.82) is 0 Å². The second kappa shape index (κ2) is 8.04. The lowest BCUT2D eigenvalue weighted by Gasteiger charge is -2.07. The lowest BCUT2D eigenvalue weighted by molar-refractivity contribution is -0.389. The average molecular weight is 368 g/mol. The van der Waals surface area contributed by atoms with E-state index in [0.29, 0.717) is 23.8 Å². The smallest absolute Gasteiger partial charge is 0.381 e. The van der Waals surface area contributed by atoms with Gasteiger partial charge in [0.15, 0.2) is 0 Å². The molecule has 10 heteroatoms. The van der Waals surface area contributed by atoms with Gasteiger partial charge in [0.1, 0.15) is 11.9 Å². The van der Waals surface area contributed by atoms with Crippen molar-refractivity contribution >= 4 is 17.4 Å². The zero-order chi connectivity index (χ0) is 19.2. The van der Waals surface area contributed by atoms with Crippen LogP contribution in [0.25, 0.3) is 0 Å². The van der Waals surface area contributed by atoms with Crippen LogP contribution in [0.3, 0.4) is 0 Å². The lowest BCUT2D eigenvalue weighted by Crippen LogP contribution is -2.14. The summed E-state index contributed by atoms with van der Waals surface area (Å²) in [4.78, 5) is 34.0. The monoisotopic (exact) mass is 368 g/mol. The number of nitrogens with one attached hydrogen (secondary N) is 1. The van der Waals surface area contributed by atoms with Gasteiger partial charge in [-0.05, 0) is 40.2 Å². The molecular weight excluding hydrogens is 352 g/mol. The van der Waals surface area contributed by atoms with Crippen LogP contribution in [-0.2, 0) is 11.3 Å². The zero-order valence-electron chi connectivity index (χ0n) is 14.4. The number of aryl methyl sites for hydroxylation is 2. The van der Waals surface area contributed by atoms with Crippen molar-refractivity contribution in [2.45, 2.75) is 19.9 Å². The van der Waals surface area contributed by atoms with Crippen LogP contribution < -0.4 is 10.1 Å². The number of ether oxygens (including phenoxy) is 1. The summed E-state index contributed by atoms with van der Waals surface area (Å²) in [7, 11) is 0. The van der Waals surface area contributed by atoms with Crippen LogP contribution in [0.4, 0.5) is 11.5 Å². The van der Waals surface area contributed by atoms with Crippen LogP contribution in [0.2, 0.25) is 0 Å². The molecule has 138 valence electrons. The van der Waals surface area contributed by atoms with E-state index in [4.69, 9.17) is 4.74 Å². The number of hydrogen-bond donors (Lipinski definition) is 1. The number of nitro groups is 1. The summed E-state index contributed by atoms with van der Waals surface area (Å²) in [5, 5.41) is 13.5. The van der Waals surface area contributed by atoms with Crippen LogP contribution in [0.15, 0.2) is 48.9 Å². The SMILES string of the molecule is Cc1nc([N+](=O)[O-])cn1CCC(=O)Nc1ccc(Oc2ncccn2)cc1. The Morgan fingerprint density at radius 2 is 1.96 bits per heavy atom. The summed E-state index contributed by atoms with van der Waals surface area (Å²) in [6.45, 7) is 1.95. The van der Waals surface area contributed by atoms with Crippen LogP contribution in [-0.4, -0.2) is 30.3 Å². The largest absolute Gasteiger partial charge is 0.424 e. The lowest BCUT2D eigenvalue weighted by atomic mass is 10.3. The second-order valence-corrected chi connectivity index (χ2v) is 5.55. The number of carbonyl (C=O) groups is 1. The Morgan fingerprint density at radius 3 is 2.59 bits per heavy atom. The topological polar surface area (TPSA) is 125 Å². The highest BCUT2D eigenvalue weighted by Crippen LogP contribution is 2.20. The highest BCUT2D eigenvalue weighted by Gasteiger charge is 2.15. The van der Waals surface area contributed by atoms with Crippen molar-refractivity contribution in [2.24, 2.45) is 0 Å².